The maximum atomic E-state index is 13.1. The van der Waals surface area contributed by atoms with Crippen LogP contribution in [0, 0.1) is 0 Å². The van der Waals surface area contributed by atoms with Gasteiger partial charge in [0.25, 0.3) is 0 Å². The molecule has 1 saturated heterocycles. The van der Waals surface area contributed by atoms with E-state index in [0.29, 0.717) is 36.3 Å². The highest BCUT2D eigenvalue weighted by Crippen LogP contribution is 2.32. The van der Waals surface area contributed by atoms with Crippen molar-refractivity contribution >= 4 is 21.6 Å². The Labute approximate surface area is 233 Å². The average Bonchev–Trinajstić information content (AvgIpc) is 2.91. The summed E-state index contributed by atoms with van der Waals surface area (Å²) in [6.45, 7) is 1.10. The van der Waals surface area contributed by atoms with Crippen molar-refractivity contribution < 1.29 is 39.5 Å². The monoisotopic (exact) mass is 606 g/mol. The second kappa shape index (κ2) is 12.1. The predicted molar refractivity (Wildman–Crippen MR) is 137 cm³/mol. The molecule has 0 aromatic heterocycles. The maximum absolute atomic E-state index is 13.1. The van der Waals surface area contributed by atoms with Crippen molar-refractivity contribution in [1.29, 1.82) is 0 Å². The van der Waals surface area contributed by atoms with Crippen LogP contribution in [0.4, 0.5) is 26.3 Å². The highest BCUT2D eigenvalue weighted by molar-refractivity contribution is 7.89. The molecular formula is C27H25ClF6N2O3S. The summed E-state index contributed by atoms with van der Waals surface area (Å²) in [4.78, 5) is 1.54. The van der Waals surface area contributed by atoms with Crippen LogP contribution in [0.5, 0.6) is 0 Å². The molecule has 1 atom stereocenters. The number of sulfonamides is 1. The number of hydrogen-bond donors (Lipinski definition) is 0. The van der Waals surface area contributed by atoms with Crippen molar-refractivity contribution in [3.8, 4) is 0 Å². The van der Waals surface area contributed by atoms with Gasteiger partial charge >= 0.3 is 12.4 Å². The topological polar surface area (TPSA) is 49.9 Å². The predicted octanol–water partition coefficient (Wildman–Crippen LogP) is 6.64. The van der Waals surface area contributed by atoms with Crippen molar-refractivity contribution in [3.63, 3.8) is 0 Å². The van der Waals surface area contributed by atoms with Crippen molar-refractivity contribution in [2.75, 3.05) is 32.7 Å². The highest BCUT2D eigenvalue weighted by Gasteiger charge is 2.34. The summed E-state index contributed by atoms with van der Waals surface area (Å²) in [5.74, 6) is 0. The molecule has 3 aromatic carbocycles. The van der Waals surface area contributed by atoms with E-state index in [9.17, 15) is 34.8 Å². The number of piperazine rings is 1. The van der Waals surface area contributed by atoms with E-state index in [1.807, 2.05) is 4.90 Å². The van der Waals surface area contributed by atoms with Crippen LogP contribution in [0.1, 0.15) is 28.4 Å². The molecule has 0 radical (unpaired) electrons. The lowest BCUT2D eigenvalue weighted by Gasteiger charge is -2.36. The molecular weight excluding hydrogens is 582 g/mol. The van der Waals surface area contributed by atoms with Crippen LogP contribution in [0.25, 0.3) is 0 Å². The van der Waals surface area contributed by atoms with Crippen LogP contribution in [-0.2, 0) is 33.7 Å². The quantitative estimate of drug-likeness (QED) is 0.270. The summed E-state index contributed by atoms with van der Waals surface area (Å²) in [7, 11) is -4.13. The Morgan fingerprint density at radius 2 is 1.40 bits per heavy atom. The van der Waals surface area contributed by atoms with Gasteiger partial charge in [-0.1, -0.05) is 41.9 Å². The summed E-state index contributed by atoms with van der Waals surface area (Å²) in [5, 5.41) is 0.513. The van der Waals surface area contributed by atoms with Gasteiger partial charge in [-0.15, -0.1) is 0 Å². The fraction of sp³-hybridized carbons (Fsp3) is 0.333. The fourth-order valence-electron chi connectivity index (χ4n) is 4.29. The van der Waals surface area contributed by atoms with Crippen molar-refractivity contribution in [3.05, 3.63) is 100 Å². The second-order valence-electron chi connectivity index (χ2n) is 9.28. The van der Waals surface area contributed by atoms with E-state index in [0.717, 1.165) is 40.2 Å². The molecule has 0 N–H and O–H groups in total. The van der Waals surface area contributed by atoms with Crippen LogP contribution in [-0.4, -0.2) is 50.3 Å². The summed E-state index contributed by atoms with van der Waals surface area (Å²) in [5.41, 5.74) is -0.481. The third-order valence-electron chi connectivity index (χ3n) is 6.53. The number of halogens is 7. The Bertz CT molecular complexity index is 1390. The Morgan fingerprint density at radius 3 is 1.98 bits per heavy atom. The summed E-state index contributed by atoms with van der Waals surface area (Å²) in [6.07, 6.45) is -9.62. The SMILES string of the molecule is O=S(=O)(c1cccc(C(F)(F)F)c1)N1CCN(C[C@H](OCc2ccc(C(F)(F)F)cc2)c2ccc(Cl)cc2)CC1. The zero-order valence-electron chi connectivity index (χ0n) is 20.9. The molecule has 0 unspecified atom stereocenters. The molecule has 1 fully saturated rings. The Hall–Kier alpha value is -2.64. The number of benzene rings is 3. The molecule has 40 heavy (non-hydrogen) atoms. The van der Waals surface area contributed by atoms with E-state index in [-0.39, 0.29) is 19.7 Å². The first-order valence-electron chi connectivity index (χ1n) is 12.2. The standard InChI is InChI=1S/C27H25ClF6N2O3S/c28-23-10-6-20(7-11-23)25(39-18-19-4-8-21(9-5-19)26(29,30)31)17-35-12-14-36(15-13-35)40(37,38)24-3-1-2-22(16-24)27(32,33)34/h1-11,16,25H,12-15,17-18H2/t25-/m0/s1. The smallest absolute Gasteiger partial charge is 0.368 e. The minimum atomic E-state index is -4.67. The van der Waals surface area contributed by atoms with Gasteiger partial charge < -0.3 is 4.74 Å². The van der Waals surface area contributed by atoms with Gasteiger partial charge in [-0.05, 0) is 53.6 Å². The average molecular weight is 607 g/mol. The lowest BCUT2D eigenvalue weighted by atomic mass is 10.1. The zero-order chi connectivity index (χ0) is 29.1. The van der Waals surface area contributed by atoms with Gasteiger partial charge in [0.1, 0.15) is 0 Å². The third-order valence-corrected chi connectivity index (χ3v) is 8.68. The Kier molecular flexibility index (Phi) is 9.15. The van der Waals surface area contributed by atoms with E-state index in [4.69, 9.17) is 16.3 Å². The van der Waals surface area contributed by atoms with E-state index in [1.54, 1.807) is 24.3 Å². The van der Waals surface area contributed by atoms with Gasteiger partial charge in [-0.25, -0.2) is 8.42 Å². The second-order valence-corrected chi connectivity index (χ2v) is 11.7. The molecule has 1 aliphatic rings. The summed E-state index contributed by atoms with van der Waals surface area (Å²) < 4.78 is 111. The number of hydrogen-bond acceptors (Lipinski definition) is 4. The molecule has 3 aromatic rings. The third kappa shape index (κ3) is 7.55. The van der Waals surface area contributed by atoms with Gasteiger partial charge in [0, 0.05) is 37.7 Å². The van der Waals surface area contributed by atoms with Crippen LogP contribution in [0.15, 0.2) is 77.7 Å². The fourth-order valence-corrected chi connectivity index (χ4v) is 5.88. The maximum Gasteiger partial charge on any atom is 0.416 e. The molecule has 0 saturated carbocycles. The number of ether oxygens (including phenoxy) is 1. The van der Waals surface area contributed by atoms with Gasteiger partial charge in [0.05, 0.1) is 28.7 Å². The number of alkyl halides is 6. The van der Waals surface area contributed by atoms with Crippen molar-refractivity contribution in [2.45, 2.75) is 30.0 Å². The van der Waals surface area contributed by atoms with Gasteiger partial charge in [0.2, 0.25) is 10.0 Å². The van der Waals surface area contributed by atoms with Crippen LogP contribution in [0.3, 0.4) is 0 Å². The molecule has 0 bridgehead atoms. The molecule has 1 heterocycles. The molecule has 0 spiro atoms. The van der Waals surface area contributed by atoms with Gasteiger partial charge in [-0.3, -0.25) is 4.90 Å². The minimum absolute atomic E-state index is 0.0370. The molecule has 5 nitrogen and oxygen atoms in total. The summed E-state index contributed by atoms with van der Waals surface area (Å²) >= 11 is 6.01. The Morgan fingerprint density at radius 1 is 0.800 bits per heavy atom. The number of rotatable bonds is 8. The first-order chi connectivity index (χ1) is 18.7. The zero-order valence-corrected chi connectivity index (χ0v) is 22.5. The van der Waals surface area contributed by atoms with Crippen molar-refractivity contribution in [2.24, 2.45) is 0 Å². The van der Waals surface area contributed by atoms with E-state index >= 15 is 0 Å². The number of nitrogens with zero attached hydrogens (tertiary/aromatic N) is 2. The van der Waals surface area contributed by atoms with Crippen LogP contribution >= 0.6 is 11.6 Å². The largest absolute Gasteiger partial charge is 0.416 e. The van der Waals surface area contributed by atoms with E-state index in [1.165, 1.54) is 12.1 Å². The van der Waals surface area contributed by atoms with Crippen molar-refractivity contribution in [1.82, 2.24) is 9.21 Å². The van der Waals surface area contributed by atoms with Crippen LogP contribution in [0.2, 0.25) is 5.02 Å². The lowest BCUT2D eigenvalue weighted by Crippen LogP contribution is -2.49. The minimum Gasteiger partial charge on any atom is -0.368 e. The van der Waals surface area contributed by atoms with E-state index in [2.05, 4.69) is 0 Å². The molecule has 4 rings (SSSR count). The highest BCUT2D eigenvalue weighted by atomic mass is 35.5. The lowest BCUT2D eigenvalue weighted by molar-refractivity contribution is -0.138. The molecule has 0 amide bonds. The normalized spacial score (nSPS) is 16.7. The van der Waals surface area contributed by atoms with Gasteiger partial charge in [0.15, 0.2) is 0 Å². The molecule has 13 heteroatoms. The molecule has 216 valence electrons. The molecule has 0 aliphatic carbocycles. The Balaban J connectivity index is 1.42. The summed E-state index contributed by atoms with van der Waals surface area (Å²) in [6, 6.07) is 15.2. The first-order valence-corrected chi connectivity index (χ1v) is 14.0. The van der Waals surface area contributed by atoms with E-state index < -0.39 is 44.5 Å². The molecule has 1 aliphatic heterocycles. The van der Waals surface area contributed by atoms with Gasteiger partial charge in [-0.2, -0.15) is 30.6 Å². The first kappa shape index (κ1) is 30.3. The van der Waals surface area contributed by atoms with Crippen LogP contribution < -0.4 is 0 Å².